The average molecular weight is 468 g/mol. The van der Waals surface area contributed by atoms with E-state index in [0.717, 1.165) is 17.7 Å². The Hall–Kier alpha value is -0.540. The predicted octanol–water partition coefficient (Wildman–Crippen LogP) is 3.38. The summed E-state index contributed by atoms with van der Waals surface area (Å²) >= 11 is 2.18. The largest absolute Gasteiger partial charge is 0.461 e. The quantitative estimate of drug-likeness (QED) is 0.259. The van der Waals surface area contributed by atoms with Gasteiger partial charge in [-0.05, 0) is 52.4 Å². The Labute approximate surface area is 161 Å². The van der Waals surface area contributed by atoms with Crippen LogP contribution in [-0.2, 0) is 14.3 Å². The molecule has 7 heteroatoms. The Morgan fingerprint density at radius 2 is 2.21 bits per heavy atom. The van der Waals surface area contributed by atoms with Gasteiger partial charge in [-0.2, -0.15) is 0 Å². The maximum Gasteiger partial charge on any atom is 0.333 e. The molecule has 0 heterocycles. The van der Waals surface area contributed by atoms with Crippen LogP contribution in [0.25, 0.3) is 0 Å². The molecule has 0 aromatic carbocycles. The second-order valence-corrected chi connectivity index (χ2v) is 8.45. The first-order valence-electron chi connectivity index (χ1n) is 8.05. The van der Waals surface area contributed by atoms with E-state index in [1.54, 1.807) is 8.93 Å². The molecule has 0 aliphatic heterocycles. The summed E-state index contributed by atoms with van der Waals surface area (Å²) in [6, 6.07) is 0.409. The number of carbonyl (C=O) groups excluding carboxylic acids is 2. The van der Waals surface area contributed by atoms with E-state index in [1.165, 1.54) is 6.92 Å². The van der Waals surface area contributed by atoms with Gasteiger partial charge in [-0.3, -0.25) is 4.79 Å². The minimum absolute atomic E-state index is 0.0393. The van der Waals surface area contributed by atoms with Gasteiger partial charge in [0.15, 0.2) is 0 Å². The normalized spacial score (nSPS) is 19.7. The van der Waals surface area contributed by atoms with E-state index in [-0.39, 0.29) is 23.8 Å². The van der Waals surface area contributed by atoms with E-state index in [9.17, 15) is 9.59 Å². The first-order valence-corrected chi connectivity index (χ1v) is 11.6. The summed E-state index contributed by atoms with van der Waals surface area (Å²) < 4.78 is 5.22. The Balaban J connectivity index is 0.00000118. The number of nitrogens with one attached hydrogen (secondary N) is 1. The highest BCUT2D eigenvalue weighted by atomic mass is 127. The predicted molar refractivity (Wildman–Crippen MR) is 110 cm³/mol. The number of halogens is 1. The third-order valence-electron chi connectivity index (χ3n) is 3.18. The second-order valence-electron chi connectivity index (χ2n) is 5.95. The average Bonchev–Trinajstić information content (AvgIpc) is 2.48. The van der Waals surface area contributed by atoms with E-state index < -0.39 is 0 Å². The number of hydrogen-bond acceptors (Lipinski definition) is 5. The topological polar surface area (TPSA) is 81.4 Å². The number of allylic oxidation sites excluding steroid dienone is 1. The molecule has 138 valence electrons. The molecule has 0 fully saturated rings. The first kappa shape index (κ1) is 23.5. The molecule has 0 radical (unpaired) electrons. The third kappa shape index (κ3) is 11.1. The lowest BCUT2D eigenvalue weighted by molar-refractivity contribution is -0.138. The Kier molecular flexibility index (Phi) is 13.4. The number of rotatable bonds is 7. The summed E-state index contributed by atoms with van der Waals surface area (Å²) in [5.41, 5.74) is 5.83. The molecule has 0 aromatic rings. The molecule has 1 aliphatic carbocycles. The fourth-order valence-electron chi connectivity index (χ4n) is 2.29. The molecular weight excluding hydrogens is 439 g/mol. The first-order chi connectivity index (χ1) is 11.3. The molecule has 24 heavy (non-hydrogen) atoms. The summed E-state index contributed by atoms with van der Waals surface area (Å²) in [6.45, 7) is 9.59. The van der Waals surface area contributed by atoms with Gasteiger partial charge in [-0.25, -0.2) is 4.79 Å². The van der Waals surface area contributed by atoms with Crippen LogP contribution in [0.15, 0.2) is 24.3 Å². The van der Waals surface area contributed by atoms with Crippen LogP contribution in [0.4, 0.5) is 0 Å². The number of esters is 1. The van der Waals surface area contributed by atoms with E-state index in [0.29, 0.717) is 25.5 Å². The molecule has 1 aliphatic rings. The molecule has 0 saturated heterocycles. The molecule has 1 unspecified atom stereocenters. The molecule has 2 atom stereocenters. The molecular formula is C17H29IN2O3S. The summed E-state index contributed by atoms with van der Waals surface area (Å²) in [5, 5.41) is 2.94. The molecule has 0 spiro atoms. The van der Waals surface area contributed by atoms with Crippen LogP contribution in [0.5, 0.6) is 0 Å². The van der Waals surface area contributed by atoms with Gasteiger partial charge in [0.25, 0.3) is 0 Å². The number of carbonyl (C=O) groups is 2. The summed E-state index contributed by atoms with van der Waals surface area (Å²) in [5.74, 6) is 0.737. The Bertz CT molecular complexity index is 439. The molecule has 1 rings (SSSR count). The summed E-state index contributed by atoms with van der Waals surface area (Å²) in [7, 11) is 1.62. The van der Waals surface area contributed by atoms with Crippen molar-refractivity contribution in [1.82, 2.24) is 5.32 Å². The SMILES string of the molecule is C=CC[C@H]1CC(C(=O)OCCSI)=CCC1NC(C)=O.CC(C)N. The number of hydrogen-bond donors (Lipinski definition) is 2. The van der Waals surface area contributed by atoms with E-state index in [2.05, 4.69) is 33.1 Å². The van der Waals surface area contributed by atoms with Crippen molar-refractivity contribution in [3.05, 3.63) is 24.3 Å². The molecule has 0 saturated carbocycles. The number of ether oxygens (including phenoxy) is 1. The second kappa shape index (κ2) is 13.7. The van der Waals surface area contributed by atoms with Crippen LogP contribution in [-0.4, -0.2) is 36.3 Å². The van der Waals surface area contributed by atoms with Gasteiger partial charge < -0.3 is 15.8 Å². The summed E-state index contributed by atoms with van der Waals surface area (Å²) in [4.78, 5) is 23.1. The lowest BCUT2D eigenvalue weighted by atomic mass is 9.82. The van der Waals surface area contributed by atoms with Crippen molar-refractivity contribution in [2.45, 2.75) is 52.1 Å². The zero-order chi connectivity index (χ0) is 18.5. The van der Waals surface area contributed by atoms with Gasteiger partial charge in [0.05, 0.1) is 0 Å². The van der Waals surface area contributed by atoms with Crippen LogP contribution in [0.1, 0.15) is 40.0 Å². The molecule has 5 nitrogen and oxygen atoms in total. The van der Waals surface area contributed by atoms with Crippen LogP contribution in [0, 0.1) is 5.92 Å². The van der Waals surface area contributed by atoms with Crippen molar-refractivity contribution in [2.24, 2.45) is 11.7 Å². The highest BCUT2D eigenvalue weighted by molar-refractivity contribution is 14.2. The van der Waals surface area contributed by atoms with E-state index >= 15 is 0 Å². The van der Waals surface area contributed by atoms with Crippen molar-refractivity contribution in [2.75, 3.05) is 12.4 Å². The smallest absolute Gasteiger partial charge is 0.333 e. The Morgan fingerprint density at radius 1 is 1.58 bits per heavy atom. The molecule has 3 N–H and O–H groups in total. The van der Waals surface area contributed by atoms with Crippen molar-refractivity contribution in [3.63, 3.8) is 0 Å². The summed E-state index contributed by atoms with van der Waals surface area (Å²) in [6.07, 6.45) is 5.80. The van der Waals surface area contributed by atoms with Crippen LogP contribution in [0.3, 0.4) is 0 Å². The van der Waals surface area contributed by atoms with Gasteiger partial charge in [-0.15, -0.1) is 6.58 Å². The third-order valence-corrected chi connectivity index (χ3v) is 4.83. The van der Waals surface area contributed by atoms with Crippen molar-refractivity contribution in [3.8, 4) is 0 Å². The highest BCUT2D eigenvalue weighted by Gasteiger charge is 2.28. The van der Waals surface area contributed by atoms with Gasteiger partial charge in [0.2, 0.25) is 5.91 Å². The van der Waals surface area contributed by atoms with E-state index in [4.69, 9.17) is 10.5 Å². The van der Waals surface area contributed by atoms with Gasteiger partial charge in [-0.1, -0.05) is 34.9 Å². The lowest BCUT2D eigenvalue weighted by Crippen LogP contribution is -2.41. The zero-order valence-electron chi connectivity index (χ0n) is 14.7. The highest BCUT2D eigenvalue weighted by Crippen LogP contribution is 2.28. The van der Waals surface area contributed by atoms with Crippen molar-refractivity contribution in [1.29, 1.82) is 0 Å². The number of amides is 1. The molecule has 0 bridgehead atoms. The van der Waals surface area contributed by atoms with Crippen LogP contribution >= 0.6 is 30.1 Å². The maximum absolute atomic E-state index is 11.9. The minimum atomic E-state index is -0.231. The minimum Gasteiger partial charge on any atom is -0.461 e. The molecule has 0 aromatic heterocycles. The lowest BCUT2D eigenvalue weighted by Gasteiger charge is -2.30. The fraction of sp³-hybridized carbons (Fsp3) is 0.647. The standard InChI is InChI=1S/C14H20INO3S.C3H9N/c1-3-4-11-9-12(14(18)19-7-8-20-15)5-6-13(11)16-10(2)17;1-3(2)4/h3,5,11,13H,1,4,6-9H2,2H3,(H,16,17);3H,4H2,1-2H3/t11-,13?;/m0./s1. The maximum atomic E-state index is 11.9. The van der Waals surface area contributed by atoms with Crippen LogP contribution < -0.4 is 11.1 Å². The molecule has 1 amide bonds. The number of nitrogens with two attached hydrogens (primary N) is 1. The van der Waals surface area contributed by atoms with E-state index in [1.807, 2.05) is 26.0 Å². The van der Waals surface area contributed by atoms with Crippen molar-refractivity contribution < 1.29 is 14.3 Å². The van der Waals surface area contributed by atoms with Crippen molar-refractivity contribution >= 4 is 42.0 Å². The fourth-order valence-corrected chi connectivity index (χ4v) is 2.98. The van der Waals surface area contributed by atoms with Gasteiger partial charge >= 0.3 is 5.97 Å². The van der Waals surface area contributed by atoms with Gasteiger partial charge in [0, 0.05) is 24.3 Å². The monoisotopic (exact) mass is 468 g/mol. The zero-order valence-corrected chi connectivity index (χ0v) is 17.7. The van der Waals surface area contributed by atoms with Crippen LogP contribution in [0.2, 0.25) is 0 Å². The Morgan fingerprint density at radius 3 is 2.71 bits per heavy atom. The van der Waals surface area contributed by atoms with Gasteiger partial charge in [0.1, 0.15) is 6.61 Å².